The van der Waals surface area contributed by atoms with Crippen LogP contribution < -0.4 is 15.8 Å². The number of anilines is 2. The number of carbonyl (C=O) groups is 2. The van der Waals surface area contributed by atoms with Crippen molar-refractivity contribution >= 4 is 35.1 Å². The van der Waals surface area contributed by atoms with Gasteiger partial charge in [0.2, 0.25) is 5.91 Å². The van der Waals surface area contributed by atoms with Crippen molar-refractivity contribution in [2.75, 3.05) is 23.9 Å². The van der Waals surface area contributed by atoms with Gasteiger partial charge in [-0.2, -0.15) is 5.26 Å². The number of amides is 2. The number of para-hydroxylation sites is 1. The van der Waals surface area contributed by atoms with Crippen molar-refractivity contribution in [2.45, 2.75) is 30.5 Å². The van der Waals surface area contributed by atoms with Crippen molar-refractivity contribution in [2.24, 2.45) is 0 Å². The van der Waals surface area contributed by atoms with E-state index < -0.39 is 5.91 Å². The SMILES string of the molecule is COc1ccc(CN(C(=O)CSc2nc(N)c(C(=O)Nc3ccccc3)cc2C#N)C2CC2)cc1. The molecule has 0 unspecified atom stereocenters. The molecular weight excluding hydrogens is 462 g/mol. The van der Waals surface area contributed by atoms with Crippen molar-refractivity contribution in [1.29, 1.82) is 5.26 Å². The first-order valence-corrected chi connectivity index (χ1v) is 12.1. The molecule has 0 aliphatic heterocycles. The minimum Gasteiger partial charge on any atom is -0.497 e. The number of hydrogen-bond donors (Lipinski definition) is 2. The molecule has 1 aromatic heterocycles. The number of methoxy groups -OCH3 is 1. The third-order valence-corrected chi connectivity index (χ3v) is 6.54. The van der Waals surface area contributed by atoms with Crippen LogP contribution in [0.3, 0.4) is 0 Å². The number of thioether (sulfide) groups is 1. The molecule has 8 nitrogen and oxygen atoms in total. The summed E-state index contributed by atoms with van der Waals surface area (Å²) in [6.07, 6.45) is 1.96. The number of nitrogens with zero attached hydrogens (tertiary/aromatic N) is 3. The maximum absolute atomic E-state index is 13.1. The number of nitrogen functional groups attached to an aromatic ring is 1. The lowest BCUT2D eigenvalue weighted by Gasteiger charge is -2.22. The van der Waals surface area contributed by atoms with E-state index in [1.165, 1.54) is 6.07 Å². The van der Waals surface area contributed by atoms with Crippen LogP contribution in [-0.2, 0) is 11.3 Å². The summed E-state index contributed by atoms with van der Waals surface area (Å²) in [5.41, 5.74) is 7.98. The van der Waals surface area contributed by atoms with Gasteiger partial charge >= 0.3 is 0 Å². The number of aromatic nitrogens is 1. The van der Waals surface area contributed by atoms with Gasteiger partial charge in [0, 0.05) is 18.3 Å². The molecule has 4 rings (SSSR count). The number of nitrogens with one attached hydrogen (secondary N) is 1. The number of hydrogen-bond acceptors (Lipinski definition) is 7. The lowest BCUT2D eigenvalue weighted by molar-refractivity contribution is -0.129. The maximum Gasteiger partial charge on any atom is 0.259 e. The molecule has 1 aliphatic rings. The molecule has 2 amide bonds. The Balaban J connectivity index is 1.44. The van der Waals surface area contributed by atoms with E-state index in [4.69, 9.17) is 10.5 Å². The maximum atomic E-state index is 13.1. The first-order chi connectivity index (χ1) is 17.0. The zero-order chi connectivity index (χ0) is 24.8. The molecule has 178 valence electrons. The van der Waals surface area contributed by atoms with Crippen LogP contribution in [0.4, 0.5) is 11.5 Å². The van der Waals surface area contributed by atoms with Crippen LogP contribution in [0.25, 0.3) is 0 Å². The van der Waals surface area contributed by atoms with E-state index in [1.54, 1.807) is 31.4 Å². The monoisotopic (exact) mass is 487 g/mol. The summed E-state index contributed by atoms with van der Waals surface area (Å²) in [5.74, 6) is 0.392. The second-order valence-electron chi connectivity index (χ2n) is 8.10. The third kappa shape index (κ3) is 6.11. The lowest BCUT2D eigenvalue weighted by atomic mass is 10.2. The number of pyridine rings is 1. The number of nitriles is 1. The molecule has 0 spiro atoms. The van der Waals surface area contributed by atoms with Crippen LogP contribution in [-0.4, -0.2) is 40.6 Å². The summed E-state index contributed by atoms with van der Waals surface area (Å²) in [5, 5.41) is 12.7. The molecule has 1 aliphatic carbocycles. The molecule has 1 fully saturated rings. The van der Waals surface area contributed by atoms with Gasteiger partial charge in [0.15, 0.2) is 0 Å². The highest BCUT2D eigenvalue weighted by molar-refractivity contribution is 8.00. The number of ether oxygens (including phenoxy) is 1. The highest BCUT2D eigenvalue weighted by Gasteiger charge is 2.32. The molecule has 0 radical (unpaired) electrons. The molecule has 3 aromatic rings. The molecule has 1 saturated carbocycles. The average molecular weight is 488 g/mol. The topological polar surface area (TPSA) is 121 Å². The highest BCUT2D eigenvalue weighted by Crippen LogP contribution is 2.31. The highest BCUT2D eigenvalue weighted by atomic mass is 32.2. The van der Waals surface area contributed by atoms with Crippen molar-refractivity contribution in [3.63, 3.8) is 0 Å². The van der Waals surface area contributed by atoms with E-state index in [1.807, 2.05) is 35.2 Å². The normalized spacial score (nSPS) is 12.5. The van der Waals surface area contributed by atoms with Crippen molar-refractivity contribution < 1.29 is 14.3 Å². The lowest BCUT2D eigenvalue weighted by Crippen LogP contribution is -2.34. The third-order valence-electron chi connectivity index (χ3n) is 5.57. The fourth-order valence-corrected chi connectivity index (χ4v) is 4.40. The zero-order valence-corrected chi connectivity index (χ0v) is 20.0. The van der Waals surface area contributed by atoms with Gasteiger partial charge in [-0.15, -0.1) is 0 Å². The van der Waals surface area contributed by atoms with E-state index in [9.17, 15) is 14.9 Å². The summed E-state index contributed by atoms with van der Waals surface area (Å²) in [6.45, 7) is 0.507. The Morgan fingerprint density at radius 1 is 1.20 bits per heavy atom. The zero-order valence-electron chi connectivity index (χ0n) is 19.2. The summed E-state index contributed by atoms with van der Waals surface area (Å²) in [4.78, 5) is 31.9. The molecule has 3 N–H and O–H groups in total. The number of rotatable bonds is 9. The van der Waals surface area contributed by atoms with E-state index >= 15 is 0 Å². The molecule has 0 bridgehead atoms. The van der Waals surface area contributed by atoms with E-state index in [-0.39, 0.29) is 34.6 Å². The Hall–Kier alpha value is -4.03. The van der Waals surface area contributed by atoms with Gasteiger partial charge in [0.1, 0.15) is 22.7 Å². The molecule has 1 heterocycles. The second kappa shape index (κ2) is 10.9. The van der Waals surface area contributed by atoms with Gasteiger partial charge in [-0.05, 0) is 48.7 Å². The quantitative estimate of drug-likeness (QED) is 0.436. The first kappa shape index (κ1) is 24.1. The summed E-state index contributed by atoms with van der Waals surface area (Å²) in [7, 11) is 1.62. The van der Waals surface area contributed by atoms with Gasteiger partial charge in [-0.3, -0.25) is 9.59 Å². The van der Waals surface area contributed by atoms with Crippen LogP contribution in [0, 0.1) is 11.3 Å². The van der Waals surface area contributed by atoms with Crippen molar-refractivity contribution in [3.05, 3.63) is 77.4 Å². The standard InChI is InChI=1S/C26H25N5O3S/c1-34-21-11-7-17(8-12-21)15-31(20-9-10-20)23(32)16-35-26-18(14-27)13-22(24(28)30-26)25(33)29-19-5-3-2-4-6-19/h2-8,11-13,20H,9-10,15-16H2,1H3,(H2,28,30)(H,29,33). The minimum atomic E-state index is -0.454. The smallest absolute Gasteiger partial charge is 0.259 e. The van der Waals surface area contributed by atoms with Crippen molar-refractivity contribution in [3.8, 4) is 11.8 Å². The predicted octanol–water partition coefficient (Wildman–Crippen LogP) is 4.08. The molecule has 9 heteroatoms. The fraction of sp³-hybridized carbons (Fsp3) is 0.231. The van der Waals surface area contributed by atoms with E-state index in [0.29, 0.717) is 17.3 Å². The van der Waals surface area contributed by atoms with Crippen molar-refractivity contribution in [1.82, 2.24) is 9.88 Å². The van der Waals surface area contributed by atoms with Crippen LogP contribution in [0.5, 0.6) is 5.75 Å². The fourth-order valence-electron chi connectivity index (χ4n) is 3.55. The van der Waals surface area contributed by atoms with Gasteiger partial charge in [-0.1, -0.05) is 42.1 Å². The number of nitrogens with two attached hydrogens (primary N) is 1. The van der Waals surface area contributed by atoms with E-state index in [2.05, 4.69) is 16.4 Å². The molecular formula is C26H25N5O3S. The van der Waals surface area contributed by atoms with Crippen LogP contribution in [0.1, 0.15) is 34.3 Å². The Bertz CT molecular complexity index is 1250. The van der Waals surface area contributed by atoms with Crippen LogP contribution >= 0.6 is 11.8 Å². The predicted molar refractivity (Wildman–Crippen MR) is 135 cm³/mol. The minimum absolute atomic E-state index is 0.00432. The summed E-state index contributed by atoms with van der Waals surface area (Å²) in [6, 6.07) is 20.3. The first-order valence-electron chi connectivity index (χ1n) is 11.1. The van der Waals surface area contributed by atoms with Gasteiger partial charge in [-0.25, -0.2) is 4.98 Å². The molecule has 0 atom stereocenters. The molecule has 2 aromatic carbocycles. The van der Waals surface area contributed by atoms with Crippen LogP contribution in [0.2, 0.25) is 0 Å². The summed E-state index contributed by atoms with van der Waals surface area (Å²) >= 11 is 1.15. The Kier molecular flexibility index (Phi) is 7.53. The number of carbonyl (C=O) groups excluding carboxylic acids is 2. The Morgan fingerprint density at radius 3 is 2.54 bits per heavy atom. The van der Waals surface area contributed by atoms with Gasteiger partial charge in [0.25, 0.3) is 5.91 Å². The van der Waals surface area contributed by atoms with Crippen LogP contribution in [0.15, 0.2) is 65.7 Å². The number of benzene rings is 2. The molecule has 0 saturated heterocycles. The van der Waals surface area contributed by atoms with E-state index in [0.717, 1.165) is 35.9 Å². The second-order valence-corrected chi connectivity index (χ2v) is 9.06. The summed E-state index contributed by atoms with van der Waals surface area (Å²) < 4.78 is 5.20. The molecule has 35 heavy (non-hydrogen) atoms. The van der Waals surface area contributed by atoms with Gasteiger partial charge in [0.05, 0.1) is 24.0 Å². The van der Waals surface area contributed by atoms with Gasteiger partial charge < -0.3 is 20.7 Å². The Morgan fingerprint density at radius 2 is 1.91 bits per heavy atom. The average Bonchev–Trinajstić information content (AvgIpc) is 3.72. The Labute approximate surface area is 208 Å². The largest absolute Gasteiger partial charge is 0.497 e.